The number of carbonyl (C=O) groups excluding carboxylic acids is 1. The normalized spacial score (nSPS) is 14.9. The molecule has 1 amide bonds. The van der Waals surface area contributed by atoms with Crippen LogP contribution in [0.25, 0.3) is 0 Å². The van der Waals surface area contributed by atoms with Crippen LogP contribution in [0, 0.1) is 0 Å². The number of para-hydroxylation sites is 1. The van der Waals surface area contributed by atoms with E-state index in [0.29, 0.717) is 19.0 Å². The molecule has 0 bridgehead atoms. The summed E-state index contributed by atoms with van der Waals surface area (Å²) in [6, 6.07) is 6.50. The smallest absolute Gasteiger partial charge is 0.255 e. The molecule has 9 nitrogen and oxygen atoms in total. The summed E-state index contributed by atoms with van der Waals surface area (Å²) in [7, 11) is 0. The summed E-state index contributed by atoms with van der Waals surface area (Å²) in [6.07, 6.45) is 3.53. The number of aliphatic imine (C=N–C) groups is 1. The SMILES string of the molecule is CCNC(=NCCNC(=O)c1ccccc1O)N1CCC(c2ncn[nH]2)CC1.I. The molecule has 3 rings (SSSR count). The molecular weight excluding hydrogens is 485 g/mol. The van der Waals surface area contributed by atoms with Crippen molar-refractivity contribution in [2.45, 2.75) is 25.7 Å². The van der Waals surface area contributed by atoms with Crippen LogP contribution in [0.5, 0.6) is 5.75 Å². The number of rotatable bonds is 6. The van der Waals surface area contributed by atoms with Gasteiger partial charge in [0, 0.05) is 32.1 Å². The van der Waals surface area contributed by atoms with Crippen molar-refractivity contribution in [3.63, 3.8) is 0 Å². The van der Waals surface area contributed by atoms with Crippen LogP contribution in [0.1, 0.15) is 41.9 Å². The fourth-order valence-corrected chi connectivity index (χ4v) is 3.29. The molecule has 29 heavy (non-hydrogen) atoms. The molecular formula is C19H28IN7O2. The number of piperidine rings is 1. The van der Waals surface area contributed by atoms with Crippen molar-refractivity contribution in [2.24, 2.45) is 4.99 Å². The maximum Gasteiger partial charge on any atom is 0.255 e. The second kappa shape index (κ2) is 11.6. The molecule has 2 heterocycles. The Morgan fingerprint density at radius 3 is 2.72 bits per heavy atom. The highest BCUT2D eigenvalue weighted by atomic mass is 127. The standard InChI is InChI=1S/C19H27N7O2.HI/c1-2-20-19(26-11-7-14(8-12-26)17-23-13-24-25-17)22-10-9-21-18(28)15-5-3-4-6-16(15)27;/h3-6,13-14,27H,2,7-12H2,1H3,(H,20,22)(H,21,28)(H,23,24,25);1H. The molecule has 0 saturated carbocycles. The first-order valence-corrected chi connectivity index (χ1v) is 9.63. The van der Waals surface area contributed by atoms with E-state index >= 15 is 0 Å². The Bertz CT molecular complexity index is 790. The van der Waals surface area contributed by atoms with Crippen molar-refractivity contribution in [1.82, 2.24) is 30.7 Å². The number of phenols is 1. The zero-order chi connectivity index (χ0) is 19.8. The van der Waals surface area contributed by atoms with Gasteiger partial charge in [0.25, 0.3) is 5.91 Å². The number of halogens is 1. The lowest BCUT2D eigenvalue weighted by Gasteiger charge is -2.33. The first-order valence-electron chi connectivity index (χ1n) is 9.63. The van der Waals surface area contributed by atoms with Gasteiger partial charge >= 0.3 is 0 Å². The van der Waals surface area contributed by atoms with Crippen LogP contribution in [0.2, 0.25) is 0 Å². The van der Waals surface area contributed by atoms with Gasteiger partial charge in [-0.25, -0.2) is 4.98 Å². The quantitative estimate of drug-likeness (QED) is 0.202. The number of H-pyrrole nitrogens is 1. The average molecular weight is 513 g/mol. The minimum Gasteiger partial charge on any atom is -0.507 e. The summed E-state index contributed by atoms with van der Waals surface area (Å²) in [5.41, 5.74) is 0.271. The molecule has 158 valence electrons. The first-order chi connectivity index (χ1) is 13.7. The largest absolute Gasteiger partial charge is 0.507 e. The van der Waals surface area contributed by atoms with E-state index in [-0.39, 0.29) is 41.2 Å². The number of aromatic hydroxyl groups is 1. The van der Waals surface area contributed by atoms with E-state index in [1.165, 1.54) is 6.07 Å². The van der Waals surface area contributed by atoms with Crippen molar-refractivity contribution in [1.29, 1.82) is 0 Å². The highest BCUT2D eigenvalue weighted by Crippen LogP contribution is 2.24. The molecule has 4 N–H and O–H groups in total. The number of benzene rings is 1. The van der Waals surface area contributed by atoms with Crippen molar-refractivity contribution < 1.29 is 9.90 Å². The maximum atomic E-state index is 12.1. The molecule has 1 fully saturated rings. The predicted molar refractivity (Wildman–Crippen MR) is 122 cm³/mol. The van der Waals surface area contributed by atoms with Gasteiger partial charge in [0.1, 0.15) is 17.9 Å². The van der Waals surface area contributed by atoms with Gasteiger partial charge < -0.3 is 20.6 Å². The lowest BCUT2D eigenvalue weighted by molar-refractivity contribution is 0.0952. The molecule has 1 aliphatic heterocycles. The third-order valence-corrected chi connectivity index (χ3v) is 4.76. The Labute approximate surface area is 187 Å². The number of nitrogens with one attached hydrogen (secondary N) is 3. The third-order valence-electron chi connectivity index (χ3n) is 4.76. The van der Waals surface area contributed by atoms with Crippen LogP contribution in [0.3, 0.4) is 0 Å². The number of hydrogen-bond acceptors (Lipinski definition) is 5. The highest BCUT2D eigenvalue weighted by molar-refractivity contribution is 14.0. The lowest BCUT2D eigenvalue weighted by atomic mass is 9.96. The van der Waals surface area contributed by atoms with E-state index in [4.69, 9.17) is 0 Å². The van der Waals surface area contributed by atoms with Gasteiger partial charge in [0.2, 0.25) is 0 Å². The average Bonchev–Trinajstić information content (AvgIpc) is 3.25. The van der Waals surface area contributed by atoms with E-state index in [1.54, 1.807) is 24.5 Å². The van der Waals surface area contributed by atoms with Crippen LogP contribution in [0.4, 0.5) is 0 Å². The summed E-state index contributed by atoms with van der Waals surface area (Å²) in [6.45, 7) is 5.46. The Morgan fingerprint density at radius 1 is 1.31 bits per heavy atom. The van der Waals surface area contributed by atoms with Gasteiger partial charge in [0.15, 0.2) is 5.96 Å². The summed E-state index contributed by atoms with van der Waals surface area (Å²) in [5, 5.41) is 22.8. The van der Waals surface area contributed by atoms with Crippen molar-refractivity contribution in [3.05, 3.63) is 42.0 Å². The summed E-state index contributed by atoms with van der Waals surface area (Å²) in [4.78, 5) is 23.3. The zero-order valence-electron chi connectivity index (χ0n) is 16.5. The van der Waals surface area contributed by atoms with E-state index in [9.17, 15) is 9.90 Å². The van der Waals surface area contributed by atoms with Crippen LogP contribution in [0.15, 0.2) is 35.6 Å². The summed E-state index contributed by atoms with van der Waals surface area (Å²) in [5.74, 6) is 1.89. The Kier molecular flexibility index (Phi) is 9.16. The van der Waals surface area contributed by atoms with E-state index in [0.717, 1.165) is 44.3 Å². The van der Waals surface area contributed by atoms with Gasteiger partial charge in [-0.3, -0.25) is 14.9 Å². The molecule has 0 radical (unpaired) electrons. The van der Waals surface area contributed by atoms with Gasteiger partial charge in [-0.2, -0.15) is 5.10 Å². The van der Waals surface area contributed by atoms with Crippen LogP contribution in [-0.4, -0.2) is 69.8 Å². The second-order valence-electron chi connectivity index (χ2n) is 6.64. The van der Waals surface area contributed by atoms with Gasteiger partial charge in [-0.1, -0.05) is 12.1 Å². The highest BCUT2D eigenvalue weighted by Gasteiger charge is 2.24. The summed E-state index contributed by atoms with van der Waals surface area (Å²) >= 11 is 0. The number of aromatic nitrogens is 3. The minimum absolute atomic E-state index is 0. The molecule has 1 saturated heterocycles. The fraction of sp³-hybridized carbons (Fsp3) is 0.474. The number of amides is 1. The van der Waals surface area contributed by atoms with Gasteiger partial charge in [-0.05, 0) is 31.9 Å². The van der Waals surface area contributed by atoms with Crippen molar-refractivity contribution in [3.8, 4) is 5.75 Å². The number of phenolic OH excluding ortho intramolecular Hbond substituents is 1. The summed E-state index contributed by atoms with van der Waals surface area (Å²) < 4.78 is 0. The monoisotopic (exact) mass is 513 g/mol. The van der Waals surface area contributed by atoms with Crippen LogP contribution < -0.4 is 10.6 Å². The number of aromatic amines is 1. The number of hydrogen-bond donors (Lipinski definition) is 4. The van der Waals surface area contributed by atoms with Gasteiger partial charge in [0.05, 0.1) is 12.1 Å². The maximum absolute atomic E-state index is 12.1. The second-order valence-corrected chi connectivity index (χ2v) is 6.64. The number of guanidine groups is 1. The lowest BCUT2D eigenvalue weighted by Crippen LogP contribution is -2.45. The molecule has 0 spiro atoms. The molecule has 10 heteroatoms. The molecule has 0 atom stereocenters. The Balaban J connectivity index is 0.00000300. The molecule has 2 aromatic rings. The number of nitrogens with zero attached hydrogens (tertiary/aromatic N) is 4. The third kappa shape index (κ3) is 6.31. The van der Waals surface area contributed by atoms with Crippen molar-refractivity contribution >= 4 is 35.8 Å². The number of carbonyl (C=O) groups is 1. The first kappa shape index (κ1) is 22.9. The molecule has 1 aliphatic rings. The predicted octanol–water partition coefficient (Wildman–Crippen LogP) is 1.70. The van der Waals surface area contributed by atoms with E-state index in [2.05, 4.69) is 35.7 Å². The van der Waals surface area contributed by atoms with Crippen LogP contribution in [-0.2, 0) is 0 Å². The number of likely N-dealkylation sites (tertiary alicyclic amines) is 1. The molecule has 1 aromatic carbocycles. The molecule has 1 aromatic heterocycles. The van der Waals surface area contributed by atoms with Crippen molar-refractivity contribution in [2.75, 3.05) is 32.7 Å². The van der Waals surface area contributed by atoms with Gasteiger partial charge in [-0.15, -0.1) is 24.0 Å². The fourth-order valence-electron chi connectivity index (χ4n) is 3.29. The topological polar surface area (TPSA) is 119 Å². The van der Waals surface area contributed by atoms with E-state index < -0.39 is 0 Å². The van der Waals surface area contributed by atoms with Crippen LogP contribution >= 0.6 is 24.0 Å². The van der Waals surface area contributed by atoms with E-state index in [1.807, 2.05) is 6.92 Å². The minimum atomic E-state index is -0.300. The zero-order valence-corrected chi connectivity index (χ0v) is 18.8. The Hall–Kier alpha value is -2.37. The Morgan fingerprint density at radius 2 is 2.07 bits per heavy atom. The molecule has 0 unspecified atom stereocenters. The molecule has 0 aliphatic carbocycles.